The first-order valence-electron chi connectivity index (χ1n) is 4.70. The fourth-order valence-electron chi connectivity index (χ4n) is 1.25. The molecular weight excluding hydrogens is 210 g/mol. The van der Waals surface area contributed by atoms with Crippen LogP contribution in [-0.4, -0.2) is 27.2 Å². The lowest BCUT2D eigenvalue weighted by Gasteiger charge is -2.24. The Labute approximate surface area is 92.0 Å². The van der Waals surface area contributed by atoms with Gasteiger partial charge in [0.05, 0.1) is 17.5 Å². The van der Waals surface area contributed by atoms with Gasteiger partial charge in [0.1, 0.15) is 17.0 Å². The molecule has 2 rings (SSSR count). The minimum Gasteiger partial charge on any atom is -0.394 e. The normalized spacial score (nSPS) is 11.9. The van der Waals surface area contributed by atoms with Gasteiger partial charge in [-0.1, -0.05) is 0 Å². The van der Waals surface area contributed by atoms with Gasteiger partial charge in [0, 0.05) is 0 Å². The first kappa shape index (κ1) is 10.3. The summed E-state index contributed by atoms with van der Waals surface area (Å²) in [7, 11) is 0. The fourth-order valence-corrected chi connectivity index (χ4v) is 1.98. The Balaban J connectivity index is 2.39. The fraction of sp³-hybridized carbons (Fsp3) is 0.400. The molecule has 0 unspecified atom stereocenters. The Morgan fingerprint density at radius 2 is 2.27 bits per heavy atom. The van der Waals surface area contributed by atoms with Crippen LogP contribution in [0.5, 0.6) is 0 Å². The summed E-state index contributed by atoms with van der Waals surface area (Å²) in [5.74, 6) is 0.778. The maximum atomic E-state index is 9.17. The molecule has 15 heavy (non-hydrogen) atoms. The summed E-state index contributed by atoms with van der Waals surface area (Å²) in [5, 5.41) is 15.4. The standard InChI is InChI=1S/C10H13N3OS/c1-10(2,5-14)13-8-7-3-4-15-9(7)12-6-11-8/h3-4,6,14H,5H2,1-2H3,(H,11,12,13). The van der Waals surface area contributed by atoms with Crippen LogP contribution in [0.3, 0.4) is 0 Å². The topological polar surface area (TPSA) is 58.0 Å². The third-order valence-corrected chi connectivity index (χ3v) is 2.93. The predicted octanol–water partition coefficient (Wildman–Crippen LogP) is 1.87. The van der Waals surface area contributed by atoms with Crippen molar-refractivity contribution in [2.45, 2.75) is 19.4 Å². The molecule has 0 amide bonds. The zero-order valence-corrected chi connectivity index (χ0v) is 9.51. The van der Waals surface area contributed by atoms with Crippen LogP contribution in [0.1, 0.15) is 13.8 Å². The van der Waals surface area contributed by atoms with E-state index >= 15 is 0 Å². The van der Waals surface area contributed by atoms with Gasteiger partial charge in [-0.25, -0.2) is 9.97 Å². The predicted molar refractivity (Wildman–Crippen MR) is 62.2 cm³/mol. The van der Waals surface area contributed by atoms with E-state index in [4.69, 9.17) is 0 Å². The van der Waals surface area contributed by atoms with Crippen molar-refractivity contribution in [3.8, 4) is 0 Å². The SMILES string of the molecule is CC(C)(CO)Nc1ncnc2sccc12. The van der Waals surface area contributed by atoms with E-state index in [0.717, 1.165) is 16.0 Å². The molecule has 0 aliphatic heterocycles. The van der Waals surface area contributed by atoms with Crippen molar-refractivity contribution in [3.05, 3.63) is 17.8 Å². The number of anilines is 1. The van der Waals surface area contributed by atoms with Crippen LogP contribution in [0.25, 0.3) is 10.2 Å². The number of fused-ring (bicyclic) bond motifs is 1. The van der Waals surface area contributed by atoms with E-state index in [1.165, 1.54) is 6.33 Å². The molecule has 0 fully saturated rings. The smallest absolute Gasteiger partial charge is 0.138 e. The summed E-state index contributed by atoms with van der Waals surface area (Å²) >= 11 is 1.58. The molecule has 0 aliphatic rings. The Hall–Kier alpha value is -1.20. The largest absolute Gasteiger partial charge is 0.394 e. The van der Waals surface area contributed by atoms with Gasteiger partial charge in [-0.2, -0.15) is 0 Å². The maximum Gasteiger partial charge on any atom is 0.138 e. The van der Waals surface area contributed by atoms with Crippen molar-refractivity contribution in [1.82, 2.24) is 9.97 Å². The first-order valence-corrected chi connectivity index (χ1v) is 5.57. The van der Waals surface area contributed by atoms with Gasteiger partial charge in [0.15, 0.2) is 0 Å². The third kappa shape index (κ3) is 2.08. The lowest BCUT2D eigenvalue weighted by molar-refractivity contribution is 0.234. The Morgan fingerprint density at radius 1 is 1.47 bits per heavy atom. The van der Waals surface area contributed by atoms with Crippen molar-refractivity contribution in [2.24, 2.45) is 0 Å². The van der Waals surface area contributed by atoms with Gasteiger partial charge in [-0.05, 0) is 25.3 Å². The summed E-state index contributed by atoms with van der Waals surface area (Å²) in [6.45, 7) is 3.91. The second kappa shape index (κ2) is 3.75. The molecule has 0 saturated carbocycles. The minimum absolute atomic E-state index is 0.0582. The van der Waals surface area contributed by atoms with Crippen LogP contribution in [-0.2, 0) is 0 Å². The highest BCUT2D eigenvalue weighted by Crippen LogP contribution is 2.25. The molecule has 0 atom stereocenters. The second-order valence-electron chi connectivity index (χ2n) is 4.03. The minimum atomic E-state index is -0.372. The van der Waals surface area contributed by atoms with Gasteiger partial charge in [0.25, 0.3) is 0 Å². The molecule has 0 saturated heterocycles. The van der Waals surface area contributed by atoms with Crippen LogP contribution < -0.4 is 5.32 Å². The monoisotopic (exact) mass is 223 g/mol. The molecular formula is C10H13N3OS. The number of rotatable bonds is 3. The second-order valence-corrected chi connectivity index (χ2v) is 4.92. The lowest BCUT2D eigenvalue weighted by Crippen LogP contribution is -2.35. The highest BCUT2D eigenvalue weighted by atomic mass is 32.1. The highest BCUT2D eigenvalue weighted by molar-refractivity contribution is 7.16. The van der Waals surface area contributed by atoms with Crippen molar-refractivity contribution >= 4 is 27.4 Å². The Morgan fingerprint density at radius 3 is 3.00 bits per heavy atom. The number of aromatic nitrogens is 2. The molecule has 2 aromatic rings. The molecule has 0 spiro atoms. The number of nitrogens with one attached hydrogen (secondary N) is 1. The van der Waals surface area contributed by atoms with E-state index in [2.05, 4.69) is 15.3 Å². The zero-order chi connectivity index (χ0) is 10.9. The maximum absolute atomic E-state index is 9.17. The summed E-state index contributed by atoms with van der Waals surface area (Å²) in [6, 6.07) is 1.98. The van der Waals surface area contributed by atoms with Gasteiger partial charge in [-0.15, -0.1) is 11.3 Å². The molecule has 80 valence electrons. The van der Waals surface area contributed by atoms with Crippen molar-refractivity contribution in [3.63, 3.8) is 0 Å². The molecule has 0 aromatic carbocycles. The molecule has 0 bridgehead atoms. The molecule has 0 aliphatic carbocycles. The van der Waals surface area contributed by atoms with Crippen LogP contribution in [0.15, 0.2) is 17.8 Å². The molecule has 5 heteroatoms. The van der Waals surface area contributed by atoms with Gasteiger partial charge < -0.3 is 10.4 Å². The number of nitrogens with zero attached hydrogens (tertiary/aromatic N) is 2. The van der Waals surface area contributed by atoms with E-state index in [0.29, 0.717) is 0 Å². The van der Waals surface area contributed by atoms with Crippen LogP contribution in [0, 0.1) is 0 Å². The number of thiophene rings is 1. The van der Waals surface area contributed by atoms with Crippen LogP contribution >= 0.6 is 11.3 Å². The Kier molecular flexibility index (Phi) is 2.58. The molecule has 0 radical (unpaired) electrons. The van der Waals surface area contributed by atoms with Gasteiger partial charge in [-0.3, -0.25) is 0 Å². The van der Waals surface area contributed by atoms with Crippen LogP contribution in [0.2, 0.25) is 0 Å². The van der Waals surface area contributed by atoms with E-state index in [-0.39, 0.29) is 12.1 Å². The first-order chi connectivity index (χ1) is 7.12. The number of aliphatic hydroxyl groups is 1. The van der Waals surface area contributed by atoms with Crippen molar-refractivity contribution in [2.75, 3.05) is 11.9 Å². The summed E-state index contributed by atoms with van der Waals surface area (Å²) in [6.07, 6.45) is 1.54. The van der Waals surface area contributed by atoms with Gasteiger partial charge >= 0.3 is 0 Å². The van der Waals surface area contributed by atoms with E-state index in [9.17, 15) is 5.11 Å². The van der Waals surface area contributed by atoms with Crippen LogP contribution in [0.4, 0.5) is 5.82 Å². The van der Waals surface area contributed by atoms with E-state index < -0.39 is 0 Å². The Bertz CT molecular complexity index is 466. The summed E-state index contributed by atoms with van der Waals surface area (Å²) < 4.78 is 0. The highest BCUT2D eigenvalue weighted by Gasteiger charge is 2.17. The molecule has 2 heterocycles. The molecule has 2 aromatic heterocycles. The quantitative estimate of drug-likeness (QED) is 0.834. The summed E-state index contributed by atoms with van der Waals surface area (Å²) in [5.41, 5.74) is -0.372. The lowest BCUT2D eigenvalue weighted by atomic mass is 10.1. The van der Waals surface area contributed by atoms with Gasteiger partial charge in [0.2, 0.25) is 0 Å². The number of hydrogen-bond donors (Lipinski definition) is 2. The number of hydrogen-bond acceptors (Lipinski definition) is 5. The molecule has 2 N–H and O–H groups in total. The number of aliphatic hydroxyl groups excluding tert-OH is 1. The van der Waals surface area contributed by atoms with Crippen molar-refractivity contribution < 1.29 is 5.11 Å². The van der Waals surface area contributed by atoms with E-state index in [1.807, 2.05) is 25.3 Å². The van der Waals surface area contributed by atoms with E-state index in [1.54, 1.807) is 11.3 Å². The van der Waals surface area contributed by atoms with Crippen molar-refractivity contribution in [1.29, 1.82) is 0 Å². The molecule has 4 nitrogen and oxygen atoms in total. The average molecular weight is 223 g/mol. The average Bonchev–Trinajstić information content (AvgIpc) is 2.66. The third-order valence-electron chi connectivity index (χ3n) is 2.11. The summed E-state index contributed by atoms with van der Waals surface area (Å²) in [4.78, 5) is 9.31. The zero-order valence-electron chi connectivity index (χ0n) is 8.69.